The normalized spacial score (nSPS) is 18.4. The minimum absolute atomic E-state index is 0.547. The molecule has 0 spiro atoms. The Morgan fingerprint density at radius 2 is 2.12 bits per heavy atom. The molecule has 6 nitrogen and oxygen atoms in total. The number of likely N-dealkylation sites (tertiary alicyclic amines) is 1. The number of rotatable bonds is 9. The van der Waals surface area contributed by atoms with Crippen LogP contribution in [0, 0.1) is 0 Å². The number of aliphatic imine (C=N–C) groups is 1. The number of methoxy groups -OCH3 is 2. The van der Waals surface area contributed by atoms with Crippen LogP contribution in [0.4, 0.5) is 0 Å². The van der Waals surface area contributed by atoms with Crippen molar-refractivity contribution in [1.29, 1.82) is 0 Å². The Labute approximate surface area is 151 Å². The molecule has 0 saturated carbocycles. The van der Waals surface area contributed by atoms with Gasteiger partial charge in [0.05, 0.1) is 20.3 Å². The Morgan fingerprint density at radius 1 is 1.28 bits per heavy atom. The van der Waals surface area contributed by atoms with Gasteiger partial charge in [-0.1, -0.05) is 18.2 Å². The minimum Gasteiger partial charge on any atom is -0.496 e. The summed E-state index contributed by atoms with van der Waals surface area (Å²) in [5.41, 5.74) is 1.09. The molecule has 1 atom stereocenters. The molecule has 1 aliphatic rings. The van der Waals surface area contributed by atoms with E-state index in [1.165, 1.54) is 12.8 Å². The molecule has 1 aromatic rings. The first-order valence-electron chi connectivity index (χ1n) is 9.15. The van der Waals surface area contributed by atoms with Crippen molar-refractivity contribution in [2.75, 3.05) is 47.0 Å². The van der Waals surface area contributed by atoms with Crippen molar-refractivity contribution >= 4 is 5.96 Å². The monoisotopic (exact) mass is 348 g/mol. The van der Waals surface area contributed by atoms with Crippen LogP contribution in [0.3, 0.4) is 0 Å². The van der Waals surface area contributed by atoms with E-state index in [-0.39, 0.29) is 0 Å². The van der Waals surface area contributed by atoms with Crippen molar-refractivity contribution in [3.05, 3.63) is 29.8 Å². The number of nitrogens with one attached hydrogen (secondary N) is 2. The summed E-state index contributed by atoms with van der Waals surface area (Å²) in [7, 11) is 3.46. The zero-order chi connectivity index (χ0) is 17.9. The third kappa shape index (κ3) is 6.21. The fraction of sp³-hybridized carbons (Fsp3) is 0.632. The van der Waals surface area contributed by atoms with Crippen molar-refractivity contribution in [2.24, 2.45) is 4.99 Å². The number of guanidine groups is 1. The van der Waals surface area contributed by atoms with Gasteiger partial charge in [0.25, 0.3) is 0 Å². The smallest absolute Gasteiger partial charge is 0.191 e. The highest BCUT2D eigenvalue weighted by atomic mass is 16.5. The van der Waals surface area contributed by atoms with Crippen LogP contribution in [0.25, 0.3) is 0 Å². The highest BCUT2D eigenvalue weighted by Gasteiger charge is 2.23. The van der Waals surface area contributed by atoms with Crippen LogP contribution < -0.4 is 15.4 Å². The molecular formula is C19H32N4O2. The summed E-state index contributed by atoms with van der Waals surface area (Å²) in [6.07, 6.45) is 2.48. The first-order chi connectivity index (χ1) is 12.3. The van der Waals surface area contributed by atoms with Gasteiger partial charge in [-0.15, -0.1) is 0 Å². The Morgan fingerprint density at radius 3 is 2.88 bits per heavy atom. The van der Waals surface area contributed by atoms with Gasteiger partial charge in [0.1, 0.15) is 5.75 Å². The van der Waals surface area contributed by atoms with Crippen molar-refractivity contribution in [3.63, 3.8) is 0 Å². The maximum Gasteiger partial charge on any atom is 0.191 e. The Bertz CT molecular complexity index is 536. The number of benzene rings is 1. The zero-order valence-electron chi connectivity index (χ0n) is 15.8. The highest BCUT2D eigenvalue weighted by Crippen LogP contribution is 2.18. The van der Waals surface area contributed by atoms with Gasteiger partial charge in [-0.3, -0.25) is 4.90 Å². The van der Waals surface area contributed by atoms with Crippen molar-refractivity contribution < 1.29 is 9.47 Å². The topological polar surface area (TPSA) is 58.1 Å². The largest absolute Gasteiger partial charge is 0.496 e. The number of para-hydroxylation sites is 1. The summed E-state index contributed by atoms with van der Waals surface area (Å²) in [6.45, 7) is 7.37. The zero-order valence-corrected chi connectivity index (χ0v) is 15.8. The minimum atomic E-state index is 0.547. The van der Waals surface area contributed by atoms with E-state index in [1.54, 1.807) is 14.2 Å². The second-order valence-corrected chi connectivity index (χ2v) is 6.21. The Kier molecular flexibility index (Phi) is 8.55. The Balaban J connectivity index is 1.91. The van der Waals surface area contributed by atoms with Gasteiger partial charge in [-0.05, 0) is 32.4 Å². The van der Waals surface area contributed by atoms with Crippen molar-refractivity contribution in [2.45, 2.75) is 32.4 Å². The average Bonchev–Trinajstić information content (AvgIpc) is 3.09. The molecule has 1 saturated heterocycles. The van der Waals surface area contributed by atoms with E-state index in [0.717, 1.165) is 50.1 Å². The van der Waals surface area contributed by atoms with E-state index >= 15 is 0 Å². The van der Waals surface area contributed by atoms with E-state index in [2.05, 4.69) is 28.5 Å². The maximum atomic E-state index is 5.40. The fourth-order valence-electron chi connectivity index (χ4n) is 3.18. The lowest BCUT2D eigenvalue weighted by molar-refractivity contribution is 0.141. The lowest BCUT2D eigenvalue weighted by Gasteiger charge is -2.25. The summed E-state index contributed by atoms with van der Waals surface area (Å²) in [5, 5.41) is 6.82. The summed E-state index contributed by atoms with van der Waals surface area (Å²) in [4.78, 5) is 7.21. The Hall–Kier alpha value is -1.79. The lowest BCUT2D eigenvalue weighted by Crippen LogP contribution is -2.45. The summed E-state index contributed by atoms with van der Waals surface area (Å²) < 4.78 is 10.6. The van der Waals surface area contributed by atoms with Gasteiger partial charge >= 0.3 is 0 Å². The quantitative estimate of drug-likeness (QED) is 0.527. The first kappa shape index (κ1) is 19.5. The molecule has 1 heterocycles. The summed E-state index contributed by atoms with van der Waals surface area (Å²) >= 11 is 0. The fourth-order valence-corrected chi connectivity index (χ4v) is 3.18. The standard InChI is InChI=1S/C19H32N4O2/c1-4-20-19(21-14-16-8-5-6-10-18(16)25-3)22-15-17-9-7-11-23(17)12-13-24-2/h5-6,8,10,17H,4,7,9,11-15H2,1-3H3,(H2,20,21,22). The third-order valence-electron chi connectivity index (χ3n) is 4.53. The predicted molar refractivity (Wildman–Crippen MR) is 102 cm³/mol. The molecule has 2 N–H and O–H groups in total. The number of hydrogen-bond acceptors (Lipinski definition) is 4. The molecule has 25 heavy (non-hydrogen) atoms. The highest BCUT2D eigenvalue weighted by molar-refractivity contribution is 5.79. The van der Waals surface area contributed by atoms with Crippen LogP contribution in [0.2, 0.25) is 0 Å². The van der Waals surface area contributed by atoms with E-state index < -0.39 is 0 Å². The molecule has 0 radical (unpaired) electrons. The van der Waals surface area contributed by atoms with Gasteiger partial charge in [0.2, 0.25) is 0 Å². The SMILES string of the molecule is CCNC(=NCc1ccccc1OC)NCC1CCCN1CCOC. The molecule has 1 unspecified atom stereocenters. The molecule has 1 aromatic carbocycles. The molecule has 1 aliphatic heterocycles. The molecule has 6 heteroatoms. The lowest BCUT2D eigenvalue weighted by atomic mass is 10.2. The van der Waals surface area contributed by atoms with Crippen molar-refractivity contribution in [1.82, 2.24) is 15.5 Å². The molecule has 0 amide bonds. The maximum absolute atomic E-state index is 5.40. The number of ether oxygens (including phenoxy) is 2. The molecule has 0 aliphatic carbocycles. The second-order valence-electron chi connectivity index (χ2n) is 6.21. The molecular weight excluding hydrogens is 316 g/mol. The van der Waals surface area contributed by atoms with Crippen LogP contribution >= 0.6 is 0 Å². The van der Waals surface area contributed by atoms with E-state index in [4.69, 9.17) is 14.5 Å². The summed E-state index contributed by atoms with van der Waals surface area (Å²) in [5.74, 6) is 1.73. The van der Waals surface area contributed by atoms with Crippen LogP contribution in [-0.2, 0) is 11.3 Å². The van der Waals surface area contributed by atoms with Crippen LogP contribution in [0.1, 0.15) is 25.3 Å². The summed E-state index contributed by atoms with van der Waals surface area (Å²) in [6, 6.07) is 8.56. The van der Waals surface area contributed by atoms with Crippen molar-refractivity contribution in [3.8, 4) is 5.75 Å². The van der Waals surface area contributed by atoms with E-state index in [0.29, 0.717) is 12.6 Å². The van der Waals surface area contributed by atoms with Gasteiger partial charge in [-0.25, -0.2) is 4.99 Å². The van der Waals surface area contributed by atoms with Gasteiger partial charge in [0, 0.05) is 38.3 Å². The molecule has 140 valence electrons. The van der Waals surface area contributed by atoms with Gasteiger partial charge < -0.3 is 20.1 Å². The molecule has 1 fully saturated rings. The van der Waals surface area contributed by atoms with Crippen LogP contribution in [0.5, 0.6) is 5.75 Å². The third-order valence-corrected chi connectivity index (χ3v) is 4.53. The van der Waals surface area contributed by atoms with Crippen LogP contribution in [0.15, 0.2) is 29.3 Å². The van der Waals surface area contributed by atoms with Gasteiger partial charge in [0.15, 0.2) is 5.96 Å². The number of hydrogen-bond donors (Lipinski definition) is 2. The second kappa shape index (κ2) is 10.9. The van der Waals surface area contributed by atoms with E-state index in [9.17, 15) is 0 Å². The molecule has 2 rings (SSSR count). The van der Waals surface area contributed by atoms with E-state index in [1.807, 2.05) is 18.2 Å². The van der Waals surface area contributed by atoms with Crippen LogP contribution in [-0.4, -0.2) is 63.9 Å². The average molecular weight is 348 g/mol. The number of nitrogens with zero attached hydrogens (tertiary/aromatic N) is 2. The van der Waals surface area contributed by atoms with Gasteiger partial charge in [-0.2, -0.15) is 0 Å². The molecule has 0 bridgehead atoms. The molecule has 0 aromatic heterocycles. The first-order valence-corrected chi connectivity index (χ1v) is 9.15. The predicted octanol–water partition coefficient (Wildman–Crippen LogP) is 1.86.